The van der Waals surface area contributed by atoms with Crippen LogP contribution in [0.1, 0.15) is 52.4 Å². The average Bonchev–Trinajstić information content (AvgIpc) is 2.42. The van der Waals surface area contributed by atoms with Crippen LogP contribution in [0.25, 0.3) is 0 Å². The van der Waals surface area contributed by atoms with E-state index in [2.05, 4.69) is 6.92 Å². The van der Waals surface area contributed by atoms with Gasteiger partial charge in [-0.3, -0.25) is 0 Å². The quantitative estimate of drug-likeness (QED) is 0.840. The van der Waals surface area contributed by atoms with Gasteiger partial charge >= 0.3 is 0 Å². The summed E-state index contributed by atoms with van der Waals surface area (Å²) < 4.78 is 11.6. The van der Waals surface area contributed by atoms with Crippen molar-refractivity contribution in [1.29, 1.82) is 0 Å². The molecule has 0 aromatic rings. The second kappa shape index (κ2) is 6.36. The summed E-state index contributed by atoms with van der Waals surface area (Å²) in [4.78, 5) is 0. The Morgan fingerprint density at radius 3 is 2.61 bits per heavy atom. The summed E-state index contributed by atoms with van der Waals surface area (Å²) in [6.07, 6.45) is 6.13. The largest absolute Gasteiger partial charge is 0.390 e. The Balaban J connectivity index is 2.03. The van der Waals surface area contributed by atoms with Crippen LogP contribution in [-0.2, 0) is 9.47 Å². The summed E-state index contributed by atoms with van der Waals surface area (Å²) in [5, 5.41) is 10.8. The molecule has 18 heavy (non-hydrogen) atoms. The van der Waals surface area contributed by atoms with Gasteiger partial charge in [0.15, 0.2) is 0 Å². The molecule has 2 aliphatic rings. The van der Waals surface area contributed by atoms with E-state index in [0.717, 1.165) is 38.2 Å². The summed E-state index contributed by atoms with van der Waals surface area (Å²) in [6, 6.07) is 0. The van der Waals surface area contributed by atoms with Gasteiger partial charge < -0.3 is 14.6 Å². The van der Waals surface area contributed by atoms with Crippen molar-refractivity contribution in [3.05, 3.63) is 0 Å². The van der Waals surface area contributed by atoms with Gasteiger partial charge in [-0.2, -0.15) is 0 Å². The van der Waals surface area contributed by atoms with Crippen molar-refractivity contribution in [2.24, 2.45) is 11.8 Å². The van der Waals surface area contributed by atoms with Gasteiger partial charge in [0.1, 0.15) is 0 Å². The fourth-order valence-corrected chi connectivity index (χ4v) is 3.51. The Bertz CT molecular complexity index is 240. The Labute approximate surface area is 111 Å². The van der Waals surface area contributed by atoms with Crippen LogP contribution in [0, 0.1) is 11.8 Å². The first kappa shape index (κ1) is 14.3. The standard InChI is InChI=1S/C15H28O3/c1-3-18-15(8-6-12(2)7-9-15)14(16)13-5-4-10-17-11-13/h12-14,16H,3-11H2,1-2H3. The highest BCUT2D eigenvalue weighted by atomic mass is 16.5. The zero-order valence-corrected chi connectivity index (χ0v) is 11.9. The monoisotopic (exact) mass is 256 g/mol. The van der Waals surface area contributed by atoms with Crippen molar-refractivity contribution < 1.29 is 14.6 Å². The third-order valence-electron chi connectivity index (χ3n) is 4.73. The molecule has 1 aliphatic heterocycles. The molecule has 0 aromatic carbocycles. The number of hydrogen-bond acceptors (Lipinski definition) is 3. The Morgan fingerprint density at radius 2 is 2.06 bits per heavy atom. The van der Waals surface area contributed by atoms with E-state index in [9.17, 15) is 5.11 Å². The van der Waals surface area contributed by atoms with Crippen LogP contribution < -0.4 is 0 Å². The van der Waals surface area contributed by atoms with E-state index in [0.29, 0.717) is 13.2 Å². The lowest BCUT2D eigenvalue weighted by Crippen LogP contribution is -2.52. The van der Waals surface area contributed by atoms with Crippen LogP contribution in [0.4, 0.5) is 0 Å². The van der Waals surface area contributed by atoms with Gasteiger partial charge in [-0.05, 0) is 51.4 Å². The lowest BCUT2D eigenvalue weighted by molar-refractivity contribution is -0.173. The zero-order valence-electron chi connectivity index (χ0n) is 11.9. The molecule has 0 radical (unpaired) electrons. The Morgan fingerprint density at radius 1 is 1.33 bits per heavy atom. The van der Waals surface area contributed by atoms with E-state index in [1.165, 1.54) is 12.8 Å². The lowest BCUT2D eigenvalue weighted by Gasteiger charge is -2.45. The topological polar surface area (TPSA) is 38.7 Å². The highest BCUT2D eigenvalue weighted by molar-refractivity contribution is 4.96. The molecule has 1 saturated heterocycles. The molecule has 0 bridgehead atoms. The maximum absolute atomic E-state index is 10.8. The van der Waals surface area contributed by atoms with E-state index in [1.54, 1.807) is 0 Å². The van der Waals surface area contributed by atoms with Gasteiger partial charge in [-0.1, -0.05) is 6.92 Å². The van der Waals surface area contributed by atoms with Gasteiger partial charge in [-0.25, -0.2) is 0 Å². The van der Waals surface area contributed by atoms with Gasteiger partial charge in [0.25, 0.3) is 0 Å². The van der Waals surface area contributed by atoms with Gasteiger partial charge in [0.05, 0.1) is 18.3 Å². The van der Waals surface area contributed by atoms with Gasteiger partial charge in [0.2, 0.25) is 0 Å². The van der Waals surface area contributed by atoms with Crippen molar-refractivity contribution in [3.8, 4) is 0 Å². The first-order valence-corrected chi connectivity index (χ1v) is 7.57. The molecule has 2 fully saturated rings. The van der Waals surface area contributed by atoms with E-state index < -0.39 is 0 Å². The molecule has 1 saturated carbocycles. The SMILES string of the molecule is CCOC1(C(O)C2CCCOC2)CCC(C)CC1. The number of ether oxygens (including phenoxy) is 2. The predicted molar refractivity (Wildman–Crippen MR) is 71.5 cm³/mol. The molecule has 106 valence electrons. The van der Waals surface area contributed by atoms with Crippen molar-refractivity contribution in [1.82, 2.24) is 0 Å². The number of aliphatic hydroxyl groups is 1. The van der Waals surface area contributed by atoms with Crippen molar-refractivity contribution in [3.63, 3.8) is 0 Å². The highest BCUT2D eigenvalue weighted by Crippen LogP contribution is 2.40. The van der Waals surface area contributed by atoms with Crippen LogP contribution in [0.2, 0.25) is 0 Å². The molecule has 2 rings (SSSR count). The van der Waals surface area contributed by atoms with E-state index in [1.807, 2.05) is 6.92 Å². The highest BCUT2D eigenvalue weighted by Gasteiger charge is 2.45. The number of hydrogen-bond donors (Lipinski definition) is 1. The van der Waals surface area contributed by atoms with Gasteiger partial charge in [-0.15, -0.1) is 0 Å². The van der Waals surface area contributed by atoms with E-state index >= 15 is 0 Å². The fraction of sp³-hybridized carbons (Fsp3) is 1.00. The molecule has 0 aromatic heterocycles. The Kier molecular flexibility index (Phi) is 5.05. The third kappa shape index (κ3) is 3.06. The van der Waals surface area contributed by atoms with Crippen molar-refractivity contribution >= 4 is 0 Å². The van der Waals surface area contributed by atoms with Crippen molar-refractivity contribution in [2.75, 3.05) is 19.8 Å². The maximum atomic E-state index is 10.8. The normalized spacial score (nSPS) is 39.5. The average molecular weight is 256 g/mol. The molecule has 2 atom stereocenters. The second-order valence-electron chi connectivity index (χ2n) is 6.10. The summed E-state index contributed by atoms with van der Waals surface area (Å²) >= 11 is 0. The van der Waals surface area contributed by atoms with Crippen LogP contribution in [-0.4, -0.2) is 36.6 Å². The van der Waals surface area contributed by atoms with Crippen LogP contribution in [0.15, 0.2) is 0 Å². The van der Waals surface area contributed by atoms with Crippen LogP contribution in [0.5, 0.6) is 0 Å². The minimum Gasteiger partial charge on any atom is -0.390 e. The molecule has 3 heteroatoms. The second-order valence-corrected chi connectivity index (χ2v) is 6.10. The molecule has 1 heterocycles. The minimum atomic E-state index is -0.356. The third-order valence-corrected chi connectivity index (χ3v) is 4.73. The first-order valence-electron chi connectivity index (χ1n) is 7.57. The minimum absolute atomic E-state index is 0.263. The molecule has 1 N–H and O–H groups in total. The molecule has 3 nitrogen and oxygen atoms in total. The smallest absolute Gasteiger partial charge is 0.0943 e. The summed E-state index contributed by atoms with van der Waals surface area (Å²) in [6.45, 7) is 6.57. The summed E-state index contributed by atoms with van der Waals surface area (Å²) in [5.74, 6) is 1.03. The molecule has 1 aliphatic carbocycles. The molecular formula is C15H28O3. The number of aliphatic hydroxyl groups excluding tert-OH is 1. The maximum Gasteiger partial charge on any atom is 0.0943 e. The molecule has 2 unspecified atom stereocenters. The predicted octanol–water partition coefficient (Wildman–Crippen LogP) is 2.76. The molecule has 0 amide bonds. The van der Waals surface area contributed by atoms with Crippen molar-refractivity contribution in [2.45, 2.75) is 64.1 Å². The van der Waals surface area contributed by atoms with E-state index in [4.69, 9.17) is 9.47 Å². The number of rotatable bonds is 4. The first-order chi connectivity index (χ1) is 8.68. The van der Waals surface area contributed by atoms with Crippen LogP contribution >= 0.6 is 0 Å². The lowest BCUT2D eigenvalue weighted by atomic mass is 9.72. The summed E-state index contributed by atoms with van der Waals surface area (Å²) in [7, 11) is 0. The van der Waals surface area contributed by atoms with Crippen LogP contribution in [0.3, 0.4) is 0 Å². The zero-order chi connectivity index (χ0) is 13.0. The molecular weight excluding hydrogens is 228 g/mol. The van der Waals surface area contributed by atoms with Gasteiger partial charge in [0, 0.05) is 19.1 Å². The summed E-state index contributed by atoms with van der Waals surface area (Å²) in [5.41, 5.74) is -0.299. The van der Waals surface area contributed by atoms with E-state index in [-0.39, 0.29) is 17.6 Å². The Hall–Kier alpha value is -0.120. The fourth-order valence-electron chi connectivity index (χ4n) is 3.51. The molecule has 0 spiro atoms.